The van der Waals surface area contributed by atoms with Crippen molar-refractivity contribution in [1.29, 1.82) is 0 Å². The number of nitrogens with one attached hydrogen (secondary N) is 1. The number of aromatic amines is 1. The number of H-pyrrole nitrogens is 1. The van der Waals surface area contributed by atoms with Gasteiger partial charge in [0.15, 0.2) is 0 Å². The summed E-state index contributed by atoms with van der Waals surface area (Å²) in [5, 5.41) is 0. The van der Waals surface area contributed by atoms with Crippen molar-refractivity contribution in [2.45, 2.75) is 0 Å². The van der Waals surface area contributed by atoms with Gasteiger partial charge >= 0.3 is 29.3 Å². The van der Waals surface area contributed by atoms with Crippen molar-refractivity contribution in [3.05, 3.63) is 12.4 Å². The van der Waals surface area contributed by atoms with Crippen LogP contribution in [0.4, 0.5) is 0 Å². The Labute approximate surface area is 30.5 Å². The zero-order valence-corrected chi connectivity index (χ0v) is 2.68. The van der Waals surface area contributed by atoms with E-state index in [0.29, 0.717) is 0 Å². The Hall–Kier alpha value is -0.595. The van der Waals surface area contributed by atoms with Crippen molar-refractivity contribution in [2.75, 3.05) is 0 Å². The molecule has 0 saturated carbocycles. The van der Waals surface area contributed by atoms with E-state index >= 15 is 0 Å². The van der Waals surface area contributed by atoms with Crippen LogP contribution in [0.15, 0.2) is 12.4 Å². The third-order valence-electron chi connectivity index (χ3n) is 0.406. The fraction of sp³-hybridized carbons (Fsp3) is 0. The topological polar surface area (TPSA) is 28.7 Å². The van der Waals surface area contributed by atoms with Crippen molar-refractivity contribution in [3.63, 3.8) is 0 Å². The molecule has 1 N–H and O–H groups in total. The van der Waals surface area contributed by atoms with Crippen LogP contribution >= 0.6 is 0 Å². The van der Waals surface area contributed by atoms with Crippen molar-refractivity contribution in [2.24, 2.45) is 0 Å². The Morgan fingerprint density at radius 3 is 3.00 bits per heavy atom. The molecule has 0 radical (unpaired) electrons. The molecule has 0 unspecified atom stereocenters. The van der Waals surface area contributed by atoms with Crippen LogP contribution in [0.2, 0.25) is 0 Å². The van der Waals surface area contributed by atoms with E-state index in [2.05, 4.69) is 9.88 Å². The second-order valence-electron chi connectivity index (χ2n) is 0.761. The van der Waals surface area contributed by atoms with Crippen LogP contribution < -0.4 is 0 Å². The van der Waals surface area contributed by atoms with E-state index in [9.17, 15) is 0 Å². The van der Waals surface area contributed by atoms with Gasteiger partial charge in [-0.2, -0.15) is 0 Å². The molecule has 3 heteroatoms. The molecule has 0 spiro atoms. The molecule has 1 heterocycles. The normalized spacial score (nSPS) is 7.20. The van der Waals surface area contributed by atoms with E-state index < -0.39 is 0 Å². The molecule has 0 bridgehead atoms. The molecule has 0 aromatic carbocycles. The van der Waals surface area contributed by atoms with Crippen LogP contribution in [0.25, 0.3) is 0 Å². The van der Waals surface area contributed by atoms with Crippen LogP contribution in [0.3, 0.4) is 0 Å². The predicted molar refractivity (Wildman–Crippen MR) is 19.9 cm³/mol. The van der Waals surface area contributed by atoms with E-state index in [1.165, 1.54) is 0 Å². The molecule has 0 aliphatic rings. The predicted octanol–water partition coefficient (Wildman–Crippen LogP) is -0.252. The molecule has 1 aromatic rings. The van der Waals surface area contributed by atoms with E-state index in [4.69, 9.17) is 0 Å². The standard InChI is InChI=1S/C2H3BN2/c1-3-5-2-4-1/h1-2H,(H,4,5). The summed E-state index contributed by atoms with van der Waals surface area (Å²) in [6.45, 7) is 0. The third kappa shape index (κ3) is 0.346. The van der Waals surface area contributed by atoms with Gasteiger partial charge in [0.05, 0.1) is 0 Å². The van der Waals surface area contributed by atoms with E-state index in [0.717, 1.165) is 0 Å². The number of nitrogens with zero attached hydrogens (tertiary/aromatic N) is 1. The van der Waals surface area contributed by atoms with Crippen LogP contribution in [-0.2, 0) is 0 Å². The molecule has 2 nitrogen and oxygen atoms in total. The van der Waals surface area contributed by atoms with Gasteiger partial charge in [0, 0.05) is 0 Å². The minimum atomic E-state index is 1.62. The Morgan fingerprint density at radius 1 is 1.80 bits per heavy atom. The van der Waals surface area contributed by atoms with Crippen LogP contribution in [0.5, 0.6) is 0 Å². The molecule has 0 fully saturated rings. The van der Waals surface area contributed by atoms with Gasteiger partial charge in [-0.3, -0.25) is 0 Å². The van der Waals surface area contributed by atoms with E-state index in [1.54, 1.807) is 19.5 Å². The van der Waals surface area contributed by atoms with E-state index in [1.807, 2.05) is 0 Å². The summed E-state index contributed by atoms with van der Waals surface area (Å²) >= 11 is 0. The first-order chi connectivity index (χ1) is 2.50. The summed E-state index contributed by atoms with van der Waals surface area (Å²) in [4.78, 5) is 6.42. The summed E-state index contributed by atoms with van der Waals surface area (Å²) < 4.78 is 0. The molecule has 0 atom stereocenters. The van der Waals surface area contributed by atoms with Crippen molar-refractivity contribution in [1.82, 2.24) is 9.88 Å². The molecule has 1 rings (SSSR count). The van der Waals surface area contributed by atoms with Crippen LogP contribution in [0, 0.1) is 0 Å². The van der Waals surface area contributed by atoms with Gasteiger partial charge in [0.1, 0.15) is 0 Å². The fourth-order valence-corrected chi connectivity index (χ4v) is 0.215. The first kappa shape index (κ1) is 2.63. The number of hydrogen-bond acceptors (Lipinski definition) is 1. The average molecular weight is 65.9 g/mol. The van der Waals surface area contributed by atoms with Gasteiger partial charge in [-0.05, 0) is 0 Å². The summed E-state index contributed by atoms with van der Waals surface area (Å²) in [6.07, 6.45) is 3.39. The van der Waals surface area contributed by atoms with Crippen LogP contribution in [0.1, 0.15) is 0 Å². The minimum absolute atomic E-state index is 1.62. The molecule has 0 amide bonds. The van der Waals surface area contributed by atoms with Crippen molar-refractivity contribution in [3.8, 4) is 0 Å². The Morgan fingerprint density at radius 2 is 2.80 bits per heavy atom. The second kappa shape index (κ2) is 1.01. The molecule has 1 aromatic heterocycles. The number of hydrogen-bond donors (Lipinski definition) is 1. The molecule has 0 saturated heterocycles. The van der Waals surface area contributed by atoms with Gasteiger partial charge in [0.2, 0.25) is 0 Å². The fourth-order valence-electron chi connectivity index (χ4n) is 0.215. The van der Waals surface area contributed by atoms with E-state index in [-0.39, 0.29) is 0 Å². The quantitative estimate of drug-likeness (QED) is 0.444. The SMILES string of the molecule is b1c[nH]cn1. The van der Waals surface area contributed by atoms with Crippen molar-refractivity contribution >= 4 is 7.05 Å². The van der Waals surface area contributed by atoms with Gasteiger partial charge in [-0.15, -0.1) is 0 Å². The van der Waals surface area contributed by atoms with Crippen LogP contribution in [-0.4, -0.2) is 16.9 Å². The monoisotopic (exact) mass is 66.0 g/mol. The Kier molecular flexibility index (Phi) is 0.534. The Bertz CT molecular complexity index is 64.1. The third-order valence-corrected chi connectivity index (χ3v) is 0.406. The molecule has 0 aliphatic heterocycles. The number of rotatable bonds is 0. The molecule has 24 valence electrons. The Balaban J connectivity index is 3.13. The van der Waals surface area contributed by atoms with Crippen molar-refractivity contribution < 1.29 is 0 Å². The molecule has 5 heavy (non-hydrogen) atoms. The maximum absolute atomic E-state index is 3.67. The van der Waals surface area contributed by atoms with Gasteiger partial charge in [-0.1, -0.05) is 0 Å². The average Bonchev–Trinajstić information content (AvgIpc) is 1.76. The summed E-state index contributed by atoms with van der Waals surface area (Å²) in [6, 6.07) is 0. The molecular formula is C2H3BN2. The second-order valence-corrected chi connectivity index (χ2v) is 0.761. The maximum atomic E-state index is 3.67. The first-order valence-electron chi connectivity index (χ1n) is 1.43. The zero-order chi connectivity index (χ0) is 3.54. The summed E-state index contributed by atoms with van der Waals surface area (Å²) in [7, 11) is 1.69. The van der Waals surface area contributed by atoms with Gasteiger partial charge in [-0.25, -0.2) is 0 Å². The molecular weight excluding hydrogens is 62.8 g/mol. The van der Waals surface area contributed by atoms with Gasteiger partial charge in [0.25, 0.3) is 0 Å². The summed E-state index contributed by atoms with van der Waals surface area (Å²) in [5.74, 6) is 0. The van der Waals surface area contributed by atoms with Gasteiger partial charge < -0.3 is 0 Å². The number of aromatic nitrogens is 2. The molecule has 0 aliphatic carbocycles. The zero-order valence-electron chi connectivity index (χ0n) is 2.68. The first-order valence-corrected chi connectivity index (χ1v) is 1.43. The summed E-state index contributed by atoms with van der Waals surface area (Å²) in [5.41, 5.74) is 0.